The molecule has 5 nitrogen and oxygen atoms in total. The van der Waals surface area contributed by atoms with Crippen LogP contribution < -0.4 is 0 Å². The van der Waals surface area contributed by atoms with Crippen LogP contribution in [0.25, 0.3) is 0 Å². The molecule has 0 aromatic heterocycles. The van der Waals surface area contributed by atoms with Crippen molar-refractivity contribution in [3.8, 4) is 0 Å². The van der Waals surface area contributed by atoms with Crippen LogP contribution in [0.2, 0.25) is 0 Å². The predicted octanol–water partition coefficient (Wildman–Crippen LogP) is -0.0440. The number of hydrogen-bond acceptors (Lipinski definition) is 5. The van der Waals surface area contributed by atoms with E-state index < -0.39 is 0 Å². The van der Waals surface area contributed by atoms with E-state index in [1.165, 1.54) is 0 Å². The average molecular weight is 242 g/mol. The van der Waals surface area contributed by atoms with Crippen molar-refractivity contribution >= 4 is 5.97 Å². The molecule has 0 aromatic carbocycles. The summed E-state index contributed by atoms with van der Waals surface area (Å²) in [5.41, 5.74) is 0. The van der Waals surface area contributed by atoms with E-state index in [2.05, 4.69) is 9.80 Å². The van der Waals surface area contributed by atoms with Gasteiger partial charge < -0.3 is 9.47 Å². The molecule has 2 saturated heterocycles. The van der Waals surface area contributed by atoms with Crippen molar-refractivity contribution in [3.05, 3.63) is 0 Å². The van der Waals surface area contributed by atoms with Crippen LogP contribution in [-0.4, -0.2) is 74.4 Å². The van der Waals surface area contributed by atoms with Gasteiger partial charge in [0.05, 0.1) is 13.2 Å². The number of ether oxygens (including phenoxy) is 2. The van der Waals surface area contributed by atoms with Gasteiger partial charge in [0.25, 0.3) is 0 Å². The van der Waals surface area contributed by atoms with Crippen molar-refractivity contribution in [2.45, 2.75) is 19.4 Å². The van der Waals surface area contributed by atoms with Crippen LogP contribution in [0, 0.1) is 0 Å². The van der Waals surface area contributed by atoms with E-state index in [0.717, 1.165) is 52.4 Å². The number of piperazine rings is 1. The van der Waals surface area contributed by atoms with Gasteiger partial charge in [-0.1, -0.05) is 0 Å². The molecule has 0 N–H and O–H groups in total. The Bertz CT molecular complexity index is 252. The first kappa shape index (κ1) is 12.8. The molecule has 17 heavy (non-hydrogen) atoms. The number of rotatable bonds is 5. The first-order valence-corrected chi connectivity index (χ1v) is 6.52. The maximum Gasteiger partial charge on any atom is 0.323 e. The number of carbonyl (C=O) groups is 1. The van der Waals surface area contributed by atoms with E-state index in [0.29, 0.717) is 6.61 Å². The van der Waals surface area contributed by atoms with E-state index in [1.54, 1.807) is 0 Å². The Labute approximate surface area is 103 Å². The summed E-state index contributed by atoms with van der Waals surface area (Å²) in [6, 6.07) is 0.0176. The van der Waals surface area contributed by atoms with Gasteiger partial charge >= 0.3 is 5.97 Å². The van der Waals surface area contributed by atoms with E-state index in [4.69, 9.17) is 9.47 Å². The maximum absolute atomic E-state index is 11.5. The summed E-state index contributed by atoms with van der Waals surface area (Å²) >= 11 is 0. The Morgan fingerprint density at radius 2 is 2.12 bits per heavy atom. The second-order valence-electron chi connectivity index (χ2n) is 4.55. The molecule has 0 radical (unpaired) electrons. The minimum atomic E-state index is -0.0345. The van der Waals surface area contributed by atoms with Crippen LogP contribution in [0.3, 0.4) is 0 Å². The third-order valence-corrected chi connectivity index (χ3v) is 3.51. The maximum atomic E-state index is 11.5. The summed E-state index contributed by atoms with van der Waals surface area (Å²) in [6.45, 7) is 9.18. The quantitative estimate of drug-likeness (QED) is 0.500. The minimum absolute atomic E-state index is 0.0176. The van der Waals surface area contributed by atoms with Gasteiger partial charge in [0.1, 0.15) is 6.04 Å². The van der Waals surface area contributed by atoms with E-state index in [9.17, 15) is 4.79 Å². The standard InChI is InChI=1S/C12H22N2O3/c1-2-16-10-8-13-4-6-14(7-5-13)11-3-9-17-12(11)15/h11H,2-10H2,1H3/t11-/m0/s1. The first-order valence-electron chi connectivity index (χ1n) is 6.52. The molecule has 2 aliphatic heterocycles. The molecule has 2 fully saturated rings. The van der Waals surface area contributed by atoms with E-state index in [-0.39, 0.29) is 12.0 Å². The van der Waals surface area contributed by atoms with Gasteiger partial charge in [-0.2, -0.15) is 0 Å². The van der Waals surface area contributed by atoms with Gasteiger partial charge in [0.15, 0.2) is 0 Å². The minimum Gasteiger partial charge on any atom is -0.464 e. The zero-order valence-electron chi connectivity index (χ0n) is 10.6. The molecule has 0 unspecified atom stereocenters. The average Bonchev–Trinajstić information content (AvgIpc) is 2.77. The SMILES string of the molecule is CCOCCN1CCN([C@H]2CCOC2=O)CC1. The number of hydrogen-bond donors (Lipinski definition) is 0. The molecule has 0 amide bonds. The second-order valence-corrected chi connectivity index (χ2v) is 4.55. The molecule has 0 aromatic rings. The Morgan fingerprint density at radius 1 is 1.35 bits per heavy atom. The molecular formula is C12H22N2O3. The zero-order chi connectivity index (χ0) is 12.1. The molecule has 1 atom stereocenters. The normalized spacial score (nSPS) is 27.4. The van der Waals surface area contributed by atoms with Crippen LogP contribution in [0.5, 0.6) is 0 Å². The lowest BCUT2D eigenvalue weighted by Gasteiger charge is -2.36. The molecule has 2 aliphatic rings. The van der Waals surface area contributed by atoms with Crippen molar-refractivity contribution < 1.29 is 14.3 Å². The number of cyclic esters (lactones) is 1. The Balaban J connectivity index is 1.68. The van der Waals surface area contributed by atoms with Crippen molar-refractivity contribution in [2.24, 2.45) is 0 Å². The Morgan fingerprint density at radius 3 is 2.71 bits per heavy atom. The molecule has 0 saturated carbocycles. The van der Waals surface area contributed by atoms with Gasteiger partial charge in [-0.05, 0) is 6.92 Å². The van der Waals surface area contributed by atoms with Crippen LogP contribution in [0.4, 0.5) is 0 Å². The van der Waals surface area contributed by atoms with Crippen molar-refractivity contribution in [3.63, 3.8) is 0 Å². The fraction of sp³-hybridized carbons (Fsp3) is 0.917. The van der Waals surface area contributed by atoms with Gasteiger partial charge in [-0.3, -0.25) is 14.6 Å². The fourth-order valence-electron chi connectivity index (χ4n) is 2.45. The molecular weight excluding hydrogens is 220 g/mol. The summed E-state index contributed by atoms with van der Waals surface area (Å²) in [6.07, 6.45) is 0.859. The van der Waals surface area contributed by atoms with Crippen LogP contribution in [-0.2, 0) is 14.3 Å². The summed E-state index contributed by atoms with van der Waals surface area (Å²) in [7, 11) is 0. The summed E-state index contributed by atoms with van der Waals surface area (Å²) in [5.74, 6) is -0.0345. The highest BCUT2D eigenvalue weighted by Gasteiger charge is 2.33. The van der Waals surface area contributed by atoms with Gasteiger partial charge in [0, 0.05) is 45.8 Å². The van der Waals surface area contributed by atoms with Gasteiger partial charge in [-0.15, -0.1) is 0 Å². The zero-order valence-corrected chi connectivity index (χ0v) is 10.6. The Hall–Kier alpha value is -0.650. The highest BCUT2D eigenvalue weighted by atomic mass is 16.5. The largest absolute Gasteiger partial charge is 0.464 e. The van der Waals surface area contributed by atoms with Crippen LogP contribution in [0.1, 0.15) is 13.3 Å². The lowest BCUT2D eigenvalue weighted by atomic mass is 10.2. The second kappa shape index (κ2) is 6.33. The number of nitrogens with zero attached hydrogens (tertiary/aromatic N) is 2. The lowest BCUT2D eigenvalue weighted by molar-refractivity contribution is -0.142. The van der Waals surface area contributed by atoms with E-state index in [1.807, 2.05) is 6.92 Å². The molecule has 98 valence electrons. The predicted molar refractivity (Wildman–Crippen MR) is 63.9 cm³/mol. The van der Waals surface area contributed by atoms with E-state index >= 15 is 0 Å². The van der Waals surface area contributed by atoms with Crippen molar-refractivity contribution in [1.82, 2.24) is 9.80 Å². The van der Waals surface area contributed by atoms with Crippen LogP contribution in [0.15, 0.2) is 0 Å². The molecule has 0 aliphatic carbocycles. The highest BCUT2D eigenvalue weighted by molar-refractivity contribution is 5.77. The fourth-order valence-corrected chi connectivity index (χ4v) is 2.45. The molecule has 2 heterocycles. The molecule has 0 bridgehead atoms. The number of carbonyl (C=O) groups excluding carboxylic acids is 1. The smallest absolute Gasteiger partial charge is 0.323 e. The van der Waals surface area contributed by atoms with Gasteiger partial charge in [-0.25, -0.2) is 0 Å². The van der Waals surface area contributed by atoms with Crippen molar-refractivity contribution in [2.75, 3.05) is 52.5 Å². The Kier molecular flexibility index (Phi) is 4.76. The van der Waals surface area contributed by atoms with Crippen molar-refractivity contribution in [1.29, 1.82) is 0 Å². The highest BCUT2D eigenvalue weighted by Crippen LogP contribution is 2.15. The first-order chi connectivity index (χ1) is 8.31. The third kappa shape index (κ3) is 3.40. The topological polar surface area (TPSA) is 42.0 Å². The number of esters is 1. The molecule has 0 spiro atoms. The summed E-state index contributed by atoms with van der Waals surface area (Å²) in [4.78, 5) is 16.1. The monoisotopic (exact) mass is 242 g/mol. The lowest BCUT2D eigenvalue weighted by Crippen LogP contribution is -2.52. The summed E-state index contributed by atoms with van der Waals surface area (Å²) < 4.78 is 10.4. The van der Waals surface area contributed by atoms with Gasteiger partial charge in [0.2, 0.25) is 0 Å². The third-order valence-electron chi connectivity index (χ3n) is 3.51. The summed E-state index contributed by atoms with van der Waals surface area (Å²) in [5, 5.41) is 0. The molecule has 5 heteroatoms. The van der Waals surface area contributed by atoms with Crippen LogP contribution >= 0.6 is 0 Å². The molecule has 2 rings (SSSR count).